The summed E-state index contributed by atoms with van der Waals surface area (Å²) in [6, 6.07) is 10.7. The number of halogens is 1. The normalized spacial score (nSPS) is 10.3. The van der Waals surface area contributed by atoms with Gasteiger partial charge in [-0.3, -0.25) is 0 Å². The number of carboxylic acids is 1. The van der Waals surface area contributed by atoms with Gasteiger partial charge in [0.2, 0.25) is 0 Å². The molecule has 0 saturated carbocycles. The Labute approximate surface area is 97.9 Å². The largest absolute Gasteiger partial charge is 0.477 e. The summed E-state index contributed by atoms with van der Waals surface area (Å²) in [5, 5.41) is 9.61. The molecule has 0 spiro atoms. The second-order valence-corrected chi connectivity index (χ2v) is 3.89. The average molecular weight is 236 g/mol. The van der Waals surface area contributed by atoms with Gasteiger partial charge in [0, 0.05) is 17.8 Å². The Hall–Kier alpha value is -1.74. The summed E-state index contributed by atoms with van der Waals surface area (Å²) in [4.78, 5) is 10.9. The Kier molecular flexibility index (Phi) is 2.97. The highest BCUT2D eigenvalue weighted by molar-refractivity contribution is 6.30. The van der Waals surface area contributed by atoms with Gasteiger partial charge >= 0.3 is 5.97 Å². The number of hydrogen-bond acceptors (Lipinski definition) is 1. The minimum absolute atomic E-state index is 0.287. The van der Waals surface area contributed by atoms with Gasteiger partial charge in [-0.15, -0.1) is 0 Å². The van der Waals surface area contributed by atoms with Crippen molar-refractivity contribution in [3.63, 3.8) is 0 Å². The van der Waals surface area contributed by atoms with Crippen molar-refractivity contribution >= 4 is 17.6 Å². The summed E-state index contributed by atoms with van der Waals surface area (Å²) in [5.41, 5.74) is 1.30. The molecule has 0 aliphatic carbocycles. The Morgan fingerprint density at radius 1 is 1.25 bits per heavy atom. The van der Waals surface area contributed by atoms with Crippen LogP contribution in [0.4, 0.5) is 0 Å². The van der Waals surface area contributed by atoms with E-state index in [-0.39, 0.29) is 5.69 Å². The summed E-state index contributed by atoms with van der Waals surface area (Å²) < 4.78 is 1.69. The summed E-state index contributed by atoms with van der Waals surface area (Å²) in [5.74, 6) is -0.918. The highest BCUT2D eigenvalue weighted by Crippen LogP contribution is 2.12. The van der Waals surface area contributed by atoms with Crippen LogP contribution in [0, 0.1) is 0 Å². The lowest BCUT2D eigenvalue weighted by atomic mass is 10.2. The third-order valence-electron chi connectivity index (χ3n) is 2.31. The molecule has 0 atom stereocenters. The summed E-state index contributed by atoms with van der Waals surface area (Å²) >= 11 is 5.77. The SMILES string of the molecule is O=C(O)c1cccn1Cc1ccc(Cl)cc1. The molecule has 0 aliphatic rings. The first-order valence-corrected chi connectivity index (χ1v) is 5.17. The highest BCUT2D eigenvalue weighted by Gasteiger charge is 2.08. The molecule has 0 fully saturated rings. The van der Waals surface area contributed by atoms with E-state index in [1.807, 2.05) is 12.1 Å². The van der Waals surface area contributed by atoms with Gasteiger partial charge in [0.1, 0.15) is 5.69 Å². The quantitative estimate of drug-likeness (QED) is 0.889. The number of aromatic carboxylic acids is 1. The Morgan fingerprint density at radius 2 is 1.94 bits per heavy atom. The van der Waals surface area contributed by atoms with Gasteiger partial charge in [0.25, 0.3) is 0 Å². The van der Waals surface area contributed by atoms with Crippen LogP contribution in [0.25, 0.3) is 0 Å². The maximum atomic E-state index is 10.9. The third-order valence-corrected chi connectivity index (χ3v) is 2.57. The number of nitrogens with zero attached hydrogens (tertiary/aromatic N) is 1. The molecule has 3 nitrogen and oxygen atoms in total. The van der Waals surface area contributed by atoms with Crippen molar-refractivity contribution in [1.82, 2.24) is 4.57 Å². The molecule has 0 amide bonds. The van der Waals surface area contributed by atoms with Gasteiger partial charge in [-0.25, -0.2) is 4.79 Å². The first-order valence-electron chi connectivity index (χ1n) is 4.80. The van der Waals surface area contributed by atoms with Crippen LogP contribution in [0.2, 0.25) is 5.02 Å². The zero-order chi connectivity index (χ0) is 11.5. The molecule has 0 radical (unpaired) electrons. The lowest BCUT2D eigenvalue weighted by Crippen LogP contribution is -2.08. The summed E-state index contributed by atoms with van der Waals surface area (Å²) in [6.45, 7) is 0.534. The monoisotopic (exact) mass is 235 g/mol. The van der Waals surface area contributed by atoms with Crippen LogP contribution in [0.1, 0.15) is 16.1 Å². The van der Waals surface area contributed by atoms with E-state index in [2.05, 4.69) is 0 Å². The van der Waals surface area contributed by atoms with Crippen LogP contribution in [0.3, 0.4) is 0 Å². The number of aromatic nitrogens is 1. The van der Waals surface area contributed by atoms with Crippen LogP contribution < -0.4 is 0 Å². The second kappa shape index (κ2) is 4.41. The van der Waals surface area contributed by atoms with E-state index in [9.17, 15) is 4.79 Å². The van der Waals surface area contributed by atoms with Crippen LogP contribution in [0.5, 0.6) is 0 Å². The van der Waals surface area contributed by atoms with Gasteiger partial charge in [0.05, 0.1) is 0 Å². The molecule has 0 aliphatic heterocycles. The molecule has 0 bridgehead atoms. The van der Waals surface area contributed by atoms with Gasteiger partial charge in [0.15, 0.2) is 0 Å². The van der Waals surface area contributed by atoms with E-state index < -0.39 is 5.97 Å². The molecular weight excluding hydrogens is 226 g/mol. The highest BCUT2D eigenvalue weighted by atomic mass is 35.5. The topological polar surface area (TPSA) is 42.2 Å². The molecular formula is C12H10ClNO2. The fourth-order valence-electron chi connectivity index (χ4n) is 1.53. The zero-order valence-electron chi connectivity index (χ0n) is 8.43. The maximum Gasteiger partial charge on any atom is 0.352 e. The smallest absolute Gasteiger partial charge is 0.352 e. The molecule has 1 N–H and O–H groups in total. The van der Waals surface area contributed by atoms with Crippen LogP contribution in [-0.4, -0.2) is 15.6 Å². The molecule has 2 aromatic rings. The standard InChI is InChI=1S/C12H10ClNO2/c13-10-5-3-9(4-6-10)8-14-7-1-2-11(14)12(15)16/h1-7H,8H2,(H,15,16). The van der Waals surface area contributed by atoms with E-state index in [0.717, 1.165) is 5.56 Å². The molecule has 0 saturated heterocycles. The van der Waals surface area contributed by atoms with Crippen molar-refractivity contribution in [2.24, 2.45) is 0 Å². The fraction of sp³-hybridized carbons (Fsp3) is 0.0833. The number of carbonyl (C=O) groups is 1. The fourth-order valence-corrected chi connectivity index (χ4v) is 1.66. The Balaban J connectivity index is 2.23. The van der Waals surface area contributed by atoms with Crippen LogP contribution >= 0.6 is 11.6 Å². The molecule has 4 heteroatoms. The zero-order valence-corrected chi connectivity index (χ0v) is 9.19. The van der Waals surface area contributed by atoms with Crippen molar-refractivity contribution in [1.29, 1.82) is 0 Å². The molecule has 2 rings (SSSR count). The number of carboxylic acid groups (broad SMARTS) is 1. The van der Waals surface area contributed by atoms with E-state index in [4.69, 9.17) is 16.7 Å². The van der Waals surface area contributed by atoms with Crippen molar-refractivity contribution in [3.05, 3.63) is 58.9 Å². The molecule has 1 heterocycles. The molecule has 1 aromatic carbocycles. The predicted molar refractivity (Wildman–Crippen MR) is 61.9 cm³/mol. The van der Waals surface area contributed by atoms with Gasteiger partial charge in [-0.05, 0) is 29.8 Å². The minimum atomic E-state index is -0.918. The third kappa shape index (κ3) is 2.25. The van der Waals surface area contributed by atoms with E-state index >= 15 is 0 Å². The molecule has 82 valence electrons. The van der Waals surface area contributed by atoms with Crippen LogP contribution in [-0.2, 0) is 6.54 Å². The van der Waals surface area contributed by atoms with Gasteiger partial charge < -0.3 is 9.67 Å². The lowest BCUT2D eigenvalue weighted by molar-refractivity contribution is 0.0685. The number of benzene rings is 1. The Morgan fingerprint density at radius 3 is 2.56 bits per heavy atom. The van der Waals surface area contributed by atoms with Gasteiger partial charge in [-0.2, -0.15) is 0 Å². The van der Waals surface area contributed by atoms with E-state index in [1.165, 1.54) is 0 Å². The predicted octanol–water partition coefficient (Wildman–Crippen LogP) is 2.89. The second-order valence-electron chi connectivity index (χ2n) is 3.45. The van der Waals surface area contributed by atoms with Crippen molar-refractivity contribution in [2.45, 2.75) is 6.54 Å². The molecule has 16 heavy (non-hydrogen) atoms. The van der Waals surface area contributed by atoms with Crippen molar-refractivity contribution in [3.8, 4) is 0 Å². The van der Waals surface area contributed by atoms with Crippen molar-refractivity contribution < 1.29 is 9.90 Å². The van der Waals surface area contributed by atoms with Gasteiger partial charge in [-0.1, -0.05) is 23.7 Å². The summed E-state index contributed by atoms with van der Waals surface area (Å²) in [6.07, 6.45) is 1.75. The summed E-state index contributed by atoms with van der Waals surface area (Å²) in [7, 11) is 0. The van der Waals surface area contributed by atoms with Crippen molar-refractivity contribution in [2.75, 3.05) is 0 Å². The molecule has 1 aromatic heterocycles. The number of hydrogen-bond donors (Lipinski definition) is 1. The minimum Gasteiger partial charge on any atom is -0.477 e. The molecule has 0 unspecified atom stereocenters. The Bertz CT molecular complexity index is 502. The average Bonchev–Trinajstić information content (AvgIpc) is 2.69. The lowest BCUT2D eigenvalue weighted by Gasteiger charge is -2.06. The number of rotatable bonds is 3. The first-order chi connectivity index (χ1) is 7.66. The maximum absolute atomic E-state index is 10.9. The van der Waals surface area contributed by atoms with E-state index in [0.29, 0.717) is 11.6 Å². The van der Waals surface area contributed by atoms with Crippen LogP contribution in [0.15, 0.2) is 42.6 Å². The van der Waals surface area contributed by atoms with E-state index in [1.54, 1.807) is 35.0 Å². The first kappa shape index (κ1) is 10.8.